The van der Waals surface area contributed by atoms with E-state index in [0.717, 1.165) is 5.69 Å². The summed E-state index contributed by atoms with van der Waals surface area (Å²) in [6.07, 6.45) is -0.360. The first-order chi connectivity index (χ1) is 20.8. The van der Waals surface area contributed by atoms with Crippen LogP contribution >= 0.6 is 0 Å². The maximum Gasteiger partial charge on any atom is 0.303 e. The fourth-order valence-electron chi connectivity index (χ4n) is 4.98. The molecule has 1 fully saturated rings. The predicted molar refractivity (Wildman–Crippen MR) is 166 cm³/mol. The number of ketones is 1. The average Bonchev–Trinajstić information content (AvgIpc) is 3.41. The number of para-hydroxylation sites is 1. The molecule has 1 aliphatic rings. The molecule has 44 heavy (non-hydrogen) atoms. The molecule has 3 aromatic rings. The average molecular weight is 604 g/mol. The number of piperazine rings is 1. The van der Waals surface area contributed by atoms with E-state index >= 15 is 0 Å². The van der Waals surface area contributed by atoms with Crippen molar-refractivity contribution in [3.05, 3.63) is 71.4 Å². The van der Waals surface area contributed by atoms with Gasteiger partial charge in [0.2, 0.25) is 11.8 Å². The van der Waals surface area contributed by atoms with Crippen molar-refractivity contribution in [1.82, 2.24) is 20.0 Å². The summed E-state index contributed by atoms with van der Waals surface area (Å²) in [5, 5.41) is 16.5. The zero-order valence-electron chi connectivity index (χ0n) is 26.0. The van der Waals surface area contributed by atoms with Crippen molar-refractivity contribution in [2.45, 2.75) is 53.5 Å². The second-order valence-electron chi connectivity index (χ2n) is 12.2. The normalized spacial score (nSPS) is 14.2. The topological polar surface area (TPSA) is 134 Å². The zero-order chi connectivity index (χ0) is 32.0. The highest BCUT2D eigenvalue weighted by molar-refractivity contribution is 5.96. The first kappa shape index (κ1) is 32.2. The van der Waals surface area contributed by atoms with Crippen LogP contribution in [0, 0.1) is 19.3 Å². The Hall–Kier alpha value is -4.67. The summed E-state index contributed by atoms with van der Waals surface area (Å²) in [6.45, 7) is 11.4. The number of carbonyl (C=O) groups excluding carboxylic acids is 3. The molecule has 2 N–H and O–H groups in total. The van der Waals surface area contributed by atoms with Gasteiger partial charge < -0.3 is 25.0 Å². The van der Waals surface area contributed by atoms with Gasteiger partial charge in [-0.1, -0.05) is 45.0 Å². The summed E-state index contributed by atoms with van der Waals surface area (Å²) in [7, 11) is 0. The third kappa shape index (κ3) is 8.24. The number of benzene rings is 2. The fourth-order valence-corrected chi connectivity index (χ4v) is 4.98. The van der Waals surface area contributed by atoms with Crippen LogP contribution in [0.5, 0.6) is 5.88 Å². The number of aliphatic carboxylic acids is 1. The minimum absolute atomic E-state index is 0.0279. The third-order valence-corrected chi connectivity index (χ3v) is 7.51. The van der Waals surface area contributed by atoms with Crippen molar-refractivity contribution >= 4 is 29.3 Å². The summed E-state index contributed by atoms with van der Waals surface area (Å²) in [5.74, 6) is -1.99. The SMILES string of the molecule is Cc1cc(C)cc(N2CCN(C(=O)C(CCC(=O)O)NC(=O)c3cc(OCC(=O)C(C)(C)C)n(-c4ccccc4)n3)CC2)c1. The Labute approximate surface area is 257 Å². The summed E-state index contributed by atoms with van der Waals surface area (Å²) >= 11 is 0. The lowest BCUT2D eigenvalue weighted by atomic mass is 9.91. The molecular formula is C33H41N5O6. The number of carbonyl (C=O) groups is 4. The van der Waals surface area contributed by atoms with Crippen molar-refractivity contribution < 1.29 is 29.0 Å². The first-order valence-electron chi connectivity index (χ1n) is 14.8. The lowest BCUT2D eigenvalue weighted by molar-refractivity contribution is -0.138. The van der Waals surface area contributed by atoms with Gasteiger partial charge in [0, 0.05) is 49.8 Å². The number of anilines is 1. The highest BCUT2D eigenvalue weighted by Crippen LogP contribution is 2.23. The number of ether oxygens (including phenoxy) is 1. The fraction of sp³-hybridized carbons (Fsp3) is 0.424. The summed E-state index contributed by atoms with van der Waals surface area (Å²) in [4.78, 5) is 54.9. The molecule has 234 valence electrons. The second-order valence-corrected chi connectivity index (χ2v) is 12.2. The molecule has 2 heterocycles. The van der Waals surface area contributed by atoms with Gasteiger partial charge in [0.15, 0.2) is 11.5 Å². The number of nitrogens with one attached hydrogen (secondary N) is 1. The van der Waals surface area contributed by atoms with Gasteiger partial charge in [-0.05, 0) is 55.7 Å². The van der Waals surface area contributed by atoms with E-state index in [1.54, 1.807) is 49.9 Å². The Morgan fingerprint density at radius 1 is 0.932 bits per heavy atom. The number of aryl methyl sites for hydroxylation is 2. The van der Waals surface area contributed by atoms with Gasteiger partial charge in [-0.25, -0.2) is 4.68 Å². The van der Waals surface area contributed by atoms with Gasteiger partial charge in [-0.15, -0.1) is 0 Å². The number of hydrogen-bond donors (Lipinski definition) is 2. The largest absolute Gasteiger partial charge is 0.481 e. The van der Waals surface area contributed by atoms with Crippen LogP contribution in [0.2, 0.25) is 0 Å². The maximum absolute atomic E-state index is 13.6. The van der Waals surface area contributed by atoms with Crippen LogP contribution in [0.4, 0.5) is 5.69 Å². The van der Waals surface area contributed by atoms with Crippen LogP contribution in [-0.4, -0.2) is 82.2 Å². The molecule has 0 radical (unpaired) electrons. The molecule has 1 atom stereocenters. The molecule has 0 aliphatic carbocycles. The van der Waals surface area contributed by atoms with Crippen LogP contribution in [0.3, 0.4) is 0 Å². The minimum atomic E-state index is -1.07. The van der Waals surface area contributed by atoms with Gasteiger partial charge >= 0.3 is 5.97 Å². The molecule has 11 nitrogen and oxygen atoms in total. The van der Waals surface area contributed by atoms with Crippen LogP contribution < -0.4 is 15.0 Å². The molecular weight excluding hydrogens is 562 g/mol. The smallest absolute Gasteiger partial charge is 0.303 e. The molecule has 0 saturated carbocycles. The number of Topliss-reactive ketones (excluding diaryl/α,β-unsaturated/α-hetero) is 1. The van der Waals surface area contributed by atoms with Gasteiger partial charge in [0.1, 0.15) is 12.6 Å². The predicted octanol–water partition coefficient (Wildman–Crippen LogP) is 3.80. The van der Waals surface area contributed by atoms with E-state index in [2.05, 4.69) is 47.4 Å². The van der Waals surface area contributed by atoms with Gasteiger partial charge in [0.25, 0.3) is 5.91 Å². The highest BCUT2D eigenvalue weighted by atomic mass is 16.5. The summed E-state index contributed by atoms with van der Waals surface area (Å²) < 4.78 is 7.23. The van der Waals surface area contributed by atoms with Crippen molar-refractivity contribution in [2.75, 3.05) is 37.7 Å². The molecule has 1 aliphatic heterocycles. The number of aromatic nitrogens is 2. The maximum atomic E-state index is 13.6. The molecule has 1 saturated heterocycles. The molecule has 1 unspecified atom stereocenters. The lowest BCUT2D eigenvalue weighted by Crippen LogP contribution is -2.55. The second kappa shape index (κ2) is 13.7. The molecule has 2 aromatic carbocycles. The zero-order valence-corrected chi connectivity index (χ0v) is 26.0. The Morgan fingerprint density at radius 2 is 1.57 bits per heavy atom. The Kier molecular flexibility index (Phi) is 10.1. The van der Waals surface area contributed by atoms with Crippen LogP contribution in [0.1, 0.15) is 55.2 Å². The van der Waals surface area contributed by atoms with Gasteiger partial charge in [-0.3, -0.25) is 19.2 Å². The van der Waals surface area contributed by atoms with Crippen LogP contribution in [-0.2, 0) is 14.4 Å². The van der Waals surface area contributed by atoms with Crippen LogP contribution in [0.25, 0.3) is 5.69 Å². The van der Waals surface area contributed by atoms with Crippen LogP contribution in [0.15, 0.2) is 54.6 Å². The van der Waals surface area contributed by atoms with E-state index in [0.29, 0.717) is 31.9 Å². The third-order valence-electron chi connectivity index (χ3n) is 7.51. The Bertz CT molecular complexity index is 1480. The molecule has 0 bridgehead atoms. The monoisotopic (exact) mass is 603 g/mol. The standard InChI is InChI=1S/C33H41N5O6/c1-22-17-23(2)19-25(18-22)36-13-15-37(16-14-36)32(43)26(11-12-30(40)41)34-31(42)27-20-29(44-21-28(39)33(3,4)5)38(35-27)24-9-7-6-8-10-24/h6-10,17-20,26H,11-16,21H2,1-5H3,(H,34,42)(H,40,41). The highest BCUT2D eigenvalue weighted by Gasteiger charge is 2.31. The van der Waals surface area contributed by atoms with Crippen molar-refractivity contribution in [3.8, 4) is 11.6 Å². The number of rotatable bonds is 11. The minimum Gasteiger partial charge on any atom is -0.481 e. The van der Waals surface area contributed by atoms with Gasteiger partial charge in [0.05, 0.1) is 5.69 Å². The summed E-state index contributed by atoms with van der Waals surface area (Å²) in [6, 6.07) is 15.7. The van der Waals surface area contributed by atoms with Gasteiger partial charge in [-0.2, -0.15) is 5.10 Å². The Balaban J connectivity index is 1.50. The number of carboxylic acid groups (broad SMARTS) is 1. The number of amides is 2. The number of nitrogens with zero attached hydrogens (tertiary/aromatic N) is 4. The van der Waals surface area contributed by atoms with Crippen molar-refractivity contribution in [1.29, 1.82) is 0 Å². The molecule has 11 heteroatoms. The molecule has 4 rings (SSSR count). The van der Waals surface area contributed by atoms with E-state index in [1.807, 2.05) is 6.07 Å². The lowest BCUT2D eigenvalue weighted by Gasteiger charge is -2.38. The molecule has 0 spiro atoms. The first-order valence-corrected chi connectivity index (χ1v) is 14.8. The molecule has 1 aromatic heterocycles. The Morgan fingerprint density at radius 3 is 2.16 bits per heavy atom. The molecule has 2 amide bonds. The summed E-state index contributed by atoms with van der Waals surface area (Å²) in [5.41, 5.74) is 3.41. The van der Waals surface area contributed by atoms with Crippen molar-refractivity contribution in [3.63, 3.8) is 0 Å². The van der Waals surface area contributed by atoms with E-state index in [-0.39, 0.29) is 42.7 Å². The number of carboxylic acids is 1. The van der Waals surface area contributed by atoms with E-state index in [1.165, 1.54) is 21.9 Å². The van der Waals surface area contributed by atoms with E-state index < -0.39 is 23.3 Å². The quantitative estimate of drug-likeness (QED) is 0.338. The number of hydrogen-bond acceptors (Lipinski definition) is 7. The van der Waals surface area contributed by atoms with E-state index in [4.69, 9.17) is 4.74 Å². The van der Waals surface area contributed by atoms with E-state index in [9.17, 15) is 24.3 Å². The van der Waals surface area contributed by atoms with Crippen molar-refractivity contribution in [2.24, 2.45) is 5.41 Å².